The van der Waals surface area contributed by atoms with Crippen molar-refractivity contribution in [1.29, 1.82) is 0 Å². The number of carbonyl (C=O) groups is 2. The van der Waals surface area contributed by atoms with E-state index in [0.29, 0.717) is 12.8 Å². The average Bonchev–Trinajstić information content (AvgIpc) is 2.38. The van der Waals surface area contributed by atoms with E-state index < -0.39 is 11.8 Å². The molecule has 2 saturated carbocycles. The van der Waals surface area contributed by atoms with Gasteiger partial charge in [0.1, 0.15) is 18.0 Å². The lowest BCUT2D eigenvalue weighted by molar-refractivity contribution is -0.138. The van der Waals surface area contributed by atoms with Crippen LogP contribution in [-0.2, 0) is 14.3 Å². The Morgan fingerprint density at radius 3 is 2.93 bits per heavy atom. The van der Waals surface area contributed by atoms with E-state index in [1.807, 2.05) is 0 Å². The molecular formula is C11H14O4. The van der Waals surface area contributed by atoms with Gasteiger partial charge in [-0.15, -0.1) is 0 Å². The van der Waals surface area contributed by atoms with Crippen LogP contribution in [0.2, 0.25) is 0 Å². The molecule has 2 fully saturated rings. The van der Waals surface area contributed by atoms with Gasteiger partial charge in [0.05, 0.1) is 5.92 Å². The maximum absolute atomic E-state index is 11.4. The van der Waals surface area contributed by atoms with Gasteiger partial charge in [0, 0.05) is 6.42 Å². The fourth-order valence-electron chi connectivity index (χ4n) is 2.37. The number of hydrogen-bond acceptors (Lipinski definition) is 4. The maximum Gasteiger partial charge on any atom is 0.509 e. The molecule has 0 bridgehead atoms. The first-order valence-corrected chi connectivity index (χ1v) is 5.17. The second-order valence-corrected chi connectivity index (χ2v) is 4.07. The van der Waals surface area contributed by atoms with Crippen molar-refractivity contribution >= 4 is 11.9 Å². The minimum absolute atomic E-state index is 0.0752. The third kappa shape index (κ3) is 1.64. The third-order valence-electron chi connectivity index (χ3n) is 3.28. The van der Waals surface area contributed by atoms with Crippen LogP contribution in [0.3, 0.4) is 0 Å². The van der Waals surface area contributed by atoms with Gasteiger partial charge in [-0.2, -0.15) is 0 Å². The van der Waals surface area contributed by atoms with E-state index in [1.165, 1.54) is 6.08 Å². The summed E-state index contributed by atoms with van der Waals surface area (Å²) in [5.41, 5.74) is -0.532. The normalized spacial score (nSPS) is 32.8. The molecule has 2 atom stereocenters. The van der Waals surface area contributed by atoms with Gasteiger partial charge < -0.3 is 9.47 Å². The smallest absolute Gasteiger partial charge is 0.430 e. The lowest BCUT2D eigenvalue weighted by Crippen LogP contribution is -2.48. The van der Waals surface area contributed by atoms with E-state index in [1.54, 1.807) is 0 Å². The van der Waals surface area contributed by atoms with Gasteiger partial charge in [-0.1, -0.05) is 12.7 Å². The summed E-state index contributed by atoms with van der Waals surface area (Å²) in [5.74, 6) is 0.145. The summed E-state index contributed by atoms with van der Waals surface area (Å²) in [7, 11) is 0. The summed E-state index contributed by atoms with van der Waals surface area (Å²) in [6.45, 7) is 3.58. The van der Waals surface area contributed by atoms with Crippen LogP contribution >= 0.6 is 0 Å². The minimum Gasteiger partial charge on any atom is -0.430 e. The van der Waals surface area contributed by atoms with Crippen LogP contribution in [0.1, 0.15) is 25.7 Å². The first kappa shape index (κ1) is 10.2. The van der Waals surface area contributed by atoms with Crippen molar-refractivity contribution in [2.45, 2.75) is 31.3 Å². The summed E-state index contributed by atoms with van der Waals surface area (Å²) in [5, 5.41) is 0. The van der Waals surface area contributed by atoms with Crippen LogP contribution in [0.5, 0.6) is 0 Å². The highest BCUT2D eigenvalue weighted by atomic mass is 16.7. The first-order valence-electron chi connectivity index (χ1n) is 5.17. The second-order valence-electron chi connectivity index (χ2n) is 4.07. The van der Waals surface area contributed by atoms with Crippen LogP contribution in [-0.4, -0.2) is 24.1 Å². The van der Waals surface area contributed by atoms with Crippen molar-refractivity contribution < 1.29 is 19.1 Å². The first-order chi connectivity index (χ1) is 7.18. The van der Waals surface area contributed by atoms with Crippen LogP contribution in [0.15, 0.2) is 12.7 Å². The molecule has 0 spiro atoms. The van der Waals surface area contributed by atoms with E-state index in [-0.39, 0.29) is 18.3 Å². The van der Waals surface area contributed by atoms with Gasteiger partial charge >= 0.3 is 6.16 Å². The fourth-order valence-corrected chi connectivity index (χ4v) is 2.37. The Morgan fingerprint density at radius 1 is 1.60 bits per heavy atom. The SMILES string of the molecule is C=CCOC(=O)OC12CCC(=O)C1CC2. The van der Waals surface area contributed by atoms with Crippen LogP contribution in [0.25, 0.3) is 0 Å². The molecule has 2 aliphatic rings. The van der Waals surface area contributed by atoms with Crippen LogP contribution < -0.4 is 0 Å². The van der Waals surface area contributed by atoms with Gasteiger partial charge in [-0.3, -0.25) is 4.79 Å². The van der Waals surface area contributed by atoms with Crippen molar-refractivity contribution in [3.63, 3.8) is 0 Å². The van der Waals surface area contributed by atoms with Crippen LogP contribution in [0.4, 0.5) is 4.79 Å². The average molecular weight is 210 g/mol. The molecule has 0 aromatic rings. The van der Waals surface area contributed by atoms with Gasteiger partial charge in [0.2, 0.25) is 0 Å². The molecule has 82 valence electrons. The number of rotatable bonds is 3. The molecule has 4 nitrogen and oxygen atoms in total. The number of ketones is 1. The molecule has 2 rings (SSSR count). The summed E-state index contributed by atoms with van der Waals surface area (Å²) >= 11 is 0. The zero-order valence-corrected chi connectivity index (χ0v) is 8.53. The van der Waals surface area contributed by atoms with Gasteiger partial charge in [0.15, 0.2) is 0 Å². The molecule has 2 unspecified atom stereocenters. The molecule has 0 heterocycles. The van der Waals surface area contributed by atoms with Crippen molar-refractivity contribution in [3.05, 3.63) is 12.7 Å². The van der Waals surface area contributed by atoms with Crippen LogP contribution in [0, 0.1) is 5.92 Å². The number of hydrogen-bond donors (Lipinski definition) is 0. The molecule has 0 saturated heterocycles. The molecule has 4 heteroatoms. The van der Waals surface area contributed by atoms with Crippen molar-refractivity contribution in [2.24, 2.45) is 5.92 Å². The Balaban J connectivity index is 1.91. The number of fused-ring (bicyclic) bond motifs is 1. The molecule has 2 aliphatic carbocycles. The predicted molar refractivity (Wildman–Crippen MR) is 52.3 cm³/mol. The van der Waals surface area contributed by atoms with E-state index in [9.17, 15) is 9.59 Å². The highest BCUT2D eigenvalue weighted by Crippen LogP contribution is 2.51. The number of carbonyl (C=O) groups excluding carboxylic acids is 2. The highest BCUT2D eigenvalue weighted by molar-refractivity contribution is 5.86. The van der Waals surface area contributed by atoms with E-state index >= 15 is 0 Å². The zero-order chi connectivity index (χ0) is 10.9. The molecule has 0 aromatic carbocycles. The van der Waals surface area contributed by atoms with E-state index in [4.69, 9.17) is 9.47 Å². The quantitative estimate of drug-likeness (QED) is 0.526. The zero-order valence-electron chi connectivity index (χ0n) is 8.53. The highest BCUT2D eigenvalue weighted by Gasteiger charge is 2.57. The largest absolute Gasteiger partial charge is 0.509 e. The molecule has 0 radical (unpaired) electrons. The maximum atomic E-state index is 11.4. The summed E-state index contributed by atoms with van der Waals surface area (Å²) < 4.78 is 9.99. The molecule has 0 aromatic heterocycles. The Labute approximate surface area is 88.2 Å². The lowest BCUT2D eigenvalue weighted by atomic mass is 9.71. The molecule has 0 N–H and O–H groups in total. The molecule has 0 aliphatic heterocycles. The summed E-state index contributed by atoms with van der Waals surface area (Å²) in [4.78, 5) is 22.6. The fraction of sp³-hybridized carbons (Fsp3) is 0.636. The molecule has 15 heavy (non-hydrogen) atoms. The Hall–Kier alpha value is -1.32. The Bertz CT molecular complexity index is 310. The Morgan fingerprint density at radius 2 is 2.40 bits per heavy atom. The number of ether oxygens (including phenoxy) is 2. The predicted octanol–water partition coefficient (Wildman–Crippen LogP) is 1.84. The van der Waals surface area contributed by atoms with E-state index in [0.717, 1.165) is 12.8 Å². The summed E-state index contributed by atoms with van der Waals surface area (Å²) in [6, 6.07) is 0. The van der Waals surface area contributed by atoms with Gasteiger partial charge in [0.25, 0.3) is 0 Å². The monoisotopic (exact) mass is 210 g/mol. The summed E-state index contributed by atoms with van der Waals surface area (Å²) in [6.07, 6.45) is 3.60. The lowest BCUT2D eigenvalue weighted by Gasteiger charge is -2.42. The standard InChI is InChI=1S/C11H14O4/c1-2-7-14-10(13)15-11-5-3-8(11)9(12)4-6-11/h2,8H,1,3-7H2. The van der Waals surface area contributed by atoms with Gasteiger partial charge in [-0.25, -0.2) is 4.79 Å². The minimum atomic E-state index is -0.686. The number of Topliss-reactive ketones (excluding diaryl/α,β-unsaturated/α-hetero) is 1. The molecule has 0 amide bonds. The second kappa shape index (κ2) is 3.68. The third-order valence-corrected chi connectivity index (χ3v) is 3.28. The van der Waals surface area contributed by atoms with E-state index in [2.05, 4.69) is 6.58 Å². The van der Waals surface area contributed by atoms with Crippen molar-refractivity contribution in [1.82, 2.24) is 0 Å². The van der Waals surface area contributed by atoms with Crippen molar-refractivity contribution in [2.75, 3.05) is 6.61 Å². The topological polar surface area (TPSA) is 52.6 Å². The molecular weight excluding hydrogens is 196 g/mol. The Kier molecular flexibility index (Phi) is 2.50. The van der Waals surface area contributed by atoms with Crippen molar-refractivity contribution in [3.8, 4) is 0 Å². The van der Waals surface area contributed by atoms with Gasteiger partial charge in [-0.05, 0) is 19.3 Å².